The number of rotatable bonds is 10. The van der Waals surface area contributed by atoms with Gasteiger partial charge in [-0.05, 0) is 51.0 Å². The number of carbonyl (C=O) groups is 3. The molecule has 0 saturated heterocycles. The Morgan fingerprint density at radius 2 is 1.90 bits per heavy atom. The van der Waals surface area contributed by atoms with Crippen LogP contribution in [0.25, 0.3) is 0 Å². The molecule has 0 aliphatic carbocycles. The fraction of sp³-hybridized carbons (Fsp3) is 0.435. The second-order valence-electron chi connectivity index (χ2n) is 7.20. The molecule has 0 saturated carbocycles. The van der Waals surface area contributed by atoms with E-state index >= 15 is 0 Å². The van der Waals surface area contributed by atoms with Gasteiger partial charge in [-0.25, -0.2) is 9.18 Å². The van der Waals surface area contributed by atoms with E-state index in [1.807, 2.05) is 6.92 Å². The number of ketones is 1. The van der Waals surface area contributed by atoms with Crippen LogP contribution in [0.1, 0.15) is 55.8 Å². The second kappa shape index (κ2) is 10.9. The van der Waals surface area contributed by atoms with Crippen molar-refractivity contribution in [2.24, 2.45) is 7.05 Å². The minimum Gasteiger partial charge on any atom is -0.464 e. The first kappa shape index (κ1) is 24.3. The van der Waals surface area contributed by atoms with Crippen LogP contribution in [0.4, 0.5) is 4.39 Å². The number of halogens is 1. The molecule has 168 valence electrons. The Hall–Kier alpha value is -3.00. The number of hydrogen-bond donors (Lipinski definition) is 0. The molecule has 8 heteroatoms. The van der Waals surface area contributed by atoms with Crippen LogP contribution in [-0.4, -0.2) is 60.5 Å². The summed E-state index contributed by atoms with van der Waals surface area (Å²) in [5.41, 5.74) is 1.95. The van der Waals surface area contributed by atoms with Gasteiger partial charge >= 0.3 is 5.97 Å². The molecule has 2 aromatic rings. The van der Waals surface area contributed by atoms with Gasteiger partial charge in [-0.2, -0.15) is 0 Å². The number of amides is 1. The maximum atomic E-state index is 13.6. The molecule has 31 heavy (non-hydrogen) atoms. The van der Waals surface area contributed by atoms with Crippen LogP contribution in [0.5, 0.6) is 0 Å². The first-order valence-corrected chi connectivity index (χ1v) is 10.1. The molecule has 0 fully saturated rings. The van der Waals surface area contributed by atoms with E-state index in [-0.39, 0.29) is 24.4 Å². The van der Waals surface area contributed by atoms with Gasteiger partial charge in [-0.3, -0.25) is 9.59 Å². The first-order valence-electron chi connectivity index (χ1n) is 10.1. The van der Waals surface area contributed by atoms with Crippen LogP contribution in [0.3, 0.4) is 0 Å². The molecule has 0 radical (unpaired) electrons. The lowest BCUT2D eigenvalue weighted by Gasteiger charge is -2.22. The second-order valence-corrected chi connectivity index (χ2v) is 7.20. The summed E-state index contributed by atoms with van der Waals surface area (Å²) in [6.07, 6.45) is 0.530. The number of hydrogen-bond acceptors (Lipinski definition) is 5. The van der Waals surface area contributed by atoms with Gasteiger partial charge in [0, 0.05) is 43.6 Å². The lowest BCUT2D eigenvalue weighted by molar-refractivity contribution is 0.0588. The van der Waals surface area contributed by atoms with Gasteiger partial charge in [-0.1, -0.05) is 6.07 Å². The first-order chi connectivity index (χ1) is 14.7. The molecular weight excluding hydrogens is 403 g/mol. The van der Waals surface area contributed by atoms with Crippen LogP contribution in [0.2, 0.25) is 0 Å². The molecule has 0 atom stereocenters. The quantitative estimate of drug-likeness (QED) is 0.327. The van der Waals surface area contributed by atoms with Gasteiger partial charge < -0.3 is 18.9 Å². The summed E-state index contributed by atoms with van der Waals surface area (Å²) < 4.78 is 25.4. The molecule has 1 aromatic heterocycles. The van der Waals surface area contributed by atoms with Crippen LogP contribution in [0.15, 0.2) is 24.3 Å². The van der Waals surface area contributed by atoms with Crippen molar-refractivity contribution < 1.29 is 28.2 Å². The van der Waals surface area contributed by atoms with E-state index in [0.717, 1.165) is 6.07 Å². The van der Waals surface area contributed by atoms with Crippen molar-refractivity contribution in [3.8, 4) is 0 Å². The standard InChI is InChI=1S/C23H29FN2O5/c1-6-31-12-8-11-26(22(28)17-9-7-10-18(24)13-17)14-19(27)20-15(2)21(23(29)30-5)25(4)16(20)3/h7,9-10,13H,6,8,11-12,14H2,1-5H3. The van der Waals surface area contributed by atoms with E-state index in [2.05, 4.69) is 0 Å². The third kappa shape index (κ3) is 5.58. The molecule has 1 aromatic carbocycles. The van der Waals surface area contributed by atoms with Crippen LogP contribution in [0, 0.1) is 19.7 Å². The number of aromatic nitrogens is 1. The highest BCUT2D eigenvalue weighted by Crippen LogP contribution is 2.23. The number of ether oxygens (including phenoxy) is 2. The third-order valence-electron chi connectivity index (χ3n) is 5.20. The monoisotopic (exact) mass is 432 g/mol. The van der Waals surface area contributed by atoms with E-state index in [0.29, 0.717) is 42.1 Å². The average Bonchev–Trinajstić information content (AvgIpc) is 2.97. The fourth-order valence-corrected chi connectivity index (χ4v) is 3.59. The van der Waals surface area contributed by atoms with E-state index in [1.165, 1.54) is 30.2 Å². The fourth-order valence-electron chi connectivity index (χ4n) is 3.59. The summed E-state index contributed by atoms with van der Waals surface area (Å²) in [5, 5.41) is 0. The Balaban J connectivity index is 2.32. The highest BCUT2D eigenvalue weighted by Gasteiger charge is 2.27. The highest BCUT2D eigenvalue weighted by atomic mass is 19.1. The van der Waals surface area contributed by atoms with E-state index < -0.39 is 17.7 Å². The van der Waals surface area contributed by atoms with Crippen molar-refractivity contribution in [3.05, 3.63) is 58.2 Å². The van der Waals surface area contributed by atoms with Gasteiger partial charge in [-0.15, -0.1) is 0 Å². The van der Waals surface area contributed by atoms with Crippen LogP contribution >= 0.6 is 0 Å². The Morgan fingerprint density at radius 1 is 1.19 bits per heavy atom. The molecule has 0 bridgehead atoms. The van der Waals surface area contributed by atoms with Crippen molar-refractivity contribution in [2.75, 3.05) is 33.4 Å². The summed E-state index contributed by atoms with van der Waals surface area (Å²) in [7, 11) is 2.96. The van der Waals surface area contributed by atoms with Gasteiger partial charge in [0.2, 0.25) is 0 Å². The van der Waals surface area contributed by atoms with E-state index in [9.17, 15) is 18.8 Å². The van der Waals surface area contributed by atoms with Crippen molar-refractivity contribution in [2.45, 2.75) is 27.2 Å². The predicted octanol–water partition coefficient (Wildman–Crippen LogP) is 3.32. The molecule has 0 spiro atoms. The van der Waals surface area contributed by atoms with Crippen molar-refractivity contribution in [1.29, 1.82) is 0 Å². The van der Waals surface area contributed by atoms with Gasteiger partial charge in [0.15, 0.2) is 5.78 Å². The molecule has 1 heterocycles. The van der Waals surface area contributed by atoms with Gasteiger partial charge in [0.25, 0.3) is 5.91 Å². The number of Topliss-reactive ketones (excluding diaryl/α,β-unsaturated/α-hetero) is 1. The Kier molecular flexibility index (Phi) is 8.50. The maximum Gasteiger partial charge on any atom is 0.354 e. The molecule has 0 unspecified atom stereocenters. The number of esters is 1. The molecule has 2 rings (SSSR count). The zero-order chi connectivity index (χ0) is 23.1. The Labute approximate surface area is 181 Å². The number of benzene rings is 1. The molecular formula is C23H29FN2O5. The lowest BCUT2D eigenvalue weighted by Crippen LogP contribution is -2.37. The minimum atomic E-state index is -0.536. The van der Waals surface area contributed by atoms with Crippen molar-refractivity contribution in [3.63, 3.8) is 0 Å². The molecule has 7 nitrogen and oxygen atoms in total. The normalized spacial score (nSPS) is 10.8. The van der Waals surface area contributed by atoms with E-state index in [4.69, 9.17) is 9.47 Å². The topological polar surface area (TPSA) is 77.8 Å². The Bertz CT molecular complexity index is 967. The van der Waals surface area contributed by atoms with Crippen LogP contribution < -0.4 is 0 Å². The van der Waals surface area contributed by atoms with Crippen molar-refractivity contribution in [1.82, 2.24) is 9.47 Å². The summed E-state index contributed by atoms with van der Waals surface area (Å²) in [5.74, 6) is -1.80. The lowest BCUT2D eigenvalue weighted by atomic mass is 10.0. The molecule has 0 N–H and O–H groups in total. The minimum absolute atomic E-state index is 0.168. The summed E-state index contributed by atoms with van der Waals surface area (Å²) in [6.45, 7) is 6.35. The average molecular weight is 432 g/mol. The van der Waals surface area contributed by atoms with Gasteiger partial charge in [0.05, 0.1) is 13.7 Å². The largest absolute Gasteiger partial charge is 0.464 e. The zero-order valence-corrected chi connectivity index (χ0v) is 18.7. The third-order valence-corrected chi connectivity index (χ3v) is 5.20. The highest BCUT2D eigenvalue weighted by molar-refractivity contribution is 6.06. The molecule has 1 amide bonds. The molecule has 0 aliphatic rings. The van der Waals surface area contributed by atoms with E-state index in [1.54, 1.807) is 25.5 Å². The Morgan fingerprint density at radius 3 is 2.52 bits per heavy atom. The summed E-state index contributed by atoms with van der Waals surface area (Å²) in [6, 6.07) is 5.37. The smallest absolute Gasteiger partial charge is 0.354 e. The predicted molar refractivity (Wildman–Crippen MR) is 114 cm³/mol. The summed E-state index contributed by atoms with van der Waals surface area (Å²) >= 11 is 0. The maximum absolute atomic E-state index is 13.6. The van der Waals surface area contributed by atoms with Gasteiger partial charge in [0.1, 0.15) is 11.5 Å². The number of carbonyl (C=O) groups excluding carboxylic acids is 3. The zero-order valence-electron chi connectivity index (χ0n) is 18.7. The molecule has 0 aliphatic heterocycles. The SMILES string of the molecule is CCOCCCN(CC(=O)c1c(C)c(C(=O)OC)n(C)c1C)C(=O)c1cccc(F)c1. The van der Waals surface area contributed by atoms with Crippen molar-refractivity contribution >= 4 is 17.7 Å². The number of methoxy groups -OCH3 is 1. The number of nitrogens with zero attached hydrogens (tertiary/aromatic N) is 2. The van der Waals surface area contributed by atoms with Crippen LogP contribution in [-0.2, 0) is 16.5 Å². The summed E-state index contributed by atoms with van der Waals surface area (Å²) in [4.78, 5) is 39.7.